The molecule has 0 saturated heterocycles. The van der Waals surface area contributed by atoms with Crippen molar-refractivity contribution in [2.45, 2.75) is 0 Å². The van der Waals surface area contributed by atoms with Crippen LogP contribution in [0.5, 0.6) is 0 Å². The van der Waals surface area contributed by atoms with Gasteiger partial charge in [0, 0.05) is 25.4 Å². The lowest BCUT2D eigenvalue weighted by atomic mass is 10.2. The molecule has 1 nitrogen and oxygen atoms in total. The number of hydrogen-bond donors (Lipinski definition) is 0. The van der Waals surface area contributed by atoms with Crippen molar-refractivity contribution in [1.29, 1.82) is 0 Å². The van der Waals surface area contributed by atoms with E-state index < -0.39 is 0 Å². The summed E-state index contributed by atoms with van der Waals surface area (Å²) in [5.41, 5.74) is 3.15. The van der Waals surface area contributed by atoms with Gasteiger partial charge in [0.1, 0.15) is 5.82 Å². The molecule has 0 bridgehead atoms. The Balaban J connectivity index is 2.17. The number of rotatable bonds is 1. The Morgan fingerprint density at radius 3 is 1.68 bits per heavy atom. The highest BCUT2D eigenvalue weighted by atomic mass is 79.9. The summed E-state index contributed by atoms with van der Waals surface area (Å²) in [6, 6.07) is 19.0. The fraction of sp³-hybridized carbons (Fsp3) is 0. The summed E-state index contributed by atoms with van der Waals surface area (Å²) < 4.78 is 17.5. The van der Waals surface area contributed by atoms with E-state index in [1.807, 2.05) is 12.1 Å². The topological polar surface area (TPSA) is 4.93 Å². The Kier molecular flexibility index (Phi) is 3.31. The van der Waals surface area contributed by atoms with Gasteiger partial charge < -0.3 is 4.57 Å². The summed E-state index contributed by atoms with van der Waals surface area (Å²) in [5, 5.41) is 2.32. The quantitative estimate of drug-likeness (QED) is 0.334. The maximum Gasteiger partial charge on any atom is 0.123 e. The third-order valence-electron chi connectivity index (χ3n) is 3.77. The van der Waals surface area contributed by atoms with Crippen LogP contribution < -0.4 is 0 Å². The van der Waals surface area contributed by atoms with Crippen molar-refractivity contribution in [2.75, 3.05) is 0 Å². The standard InChI is InChI=1S/C18H10Br2FN/c19-11-1-7-17-15(9-11)16-10-12(20)2-8-18(16)22(17)14-5-3-13(21)4-6-14/h1-10H. The van der Waals surface area contributed by atoms with Crippen molar-refractivity contribution in [2.24, 2.45) is 0 Å². The zero-order valence-corrected chi connectivity index (χ0v) is 14.5. The molecule has 1 aromatic heterocycles. The van der Waals surface area contributed by atoms with E-state index in [2.05, 4.69) is 60.7 Å². The Morgan fingerprint density at radius 2 is 1.18 bits per heavy atom. The van der Waals surface area contributed by atoms with Crippen molar-refractivity contribution >= 4 is 53.7 Å². The molecule has 4 rings (SSSR count). The van der Waals surface area contributed by atoms with Gasteiger partial charge in [0.15, 0.2) is 0 Å². The summed E-state index contributed by atoms with van der Waals surface area (Å²) in [6.07, 6.45) is 0. The van der Waals surface area contributed by atoms with Crippen LogP contribution in [0.2, 0.25) is 0 Å². The van der Waals surface area contributed by atoms with Crippen LogP contribution in [-0.2, 0) is 0 Å². The summed E-state index contributed by atoms with van der Waals surface area (Å²) in [5.74, 6) is -0.227. The molecule has 22 heavy (non-hydrogen) atoms. The van der Waals surface area contributed by atoms with Gasteiger partial charge in [0.05, 0.1) is 11.0 Å². The second-order valence-corrected chi connectivity index (χ2v) is 6.97. The zero-order valence-electron chi connectivity index (χ0n) is 11.4. The van der Waals surface area contributed by atoms with E-state index in [-0.39, 0.29) is 5.82 Å². The van der Waals surface area contributed by atoms with E-state index in [1.165, 1.54) is 12.1 Å². The number of fused-ring (bicyclic) bond motifs is 3. The monoisotopic (exact) mass is 417 g/mol. The normalized spacial score (nSPS) is 11.4. The van der Waals surface area contributed by atoms with Crippen LogP contribution in [0.15, 0.2) is 69.6 Å². The van der Waals surface area contributed by atoms with Crippen LogP contribution in [0.3, 0.4) is 0 Å². The molecule has 108 valence electrons. The van der Waals surface area contributed by atoms with Crippen LogP contribution >= 0.6 is 31.9 Å². The molecule has 0 aliphatic carbocycles. The van der Waals surface area contributed by atoms with Gasteiger partial charge in [-0.15, -0.1) is 0 Å². The van der Waals surface area contributed by atoms with Crippen molar-refractivity contribution in [1.82, 2.24) is 4.57 Å². The largest absolute Gasteiger partial charge is 0.309 e. The minimum Gasteiger partial charge on any atom is -0.309 e. The fourth-order valence-electron chi connectivity index (χ4n) is 2.84. The zero-order chi connectivity index (χ0) is 15.3. The molecule has 0 saturated carbocycles. The van der Waals surface area contributed by atoms with Gasteiger partial charge in [0.25, 0.3) is 0 Å². The van der Waals surface area contributed by atoms with E-state index in [9.17, 15) is 4.39 Å². The van der Waals surface area contributed by atoms with Crippen molar-refractivity contribution in [3.05, 3.63) is 75.4 Å². The Labute approximate surface area is 143 Å². The van der Waals surface area contributed by atoms with E-state index in [4.69, 9.17) is 0 Å². The molecule has 0 spiro atoms. The summed E-state index contributed by atoms with van der Waals surface area (Å²) in [7, 11) is 0. The number of halogens is 3. The van der Waals surface area contributed by atoms with Gasteiger partial charge in [-0.3, -0.25) is 0 Å². The molecule has 4 aromatic rings. The molecule has 0 unspecified atom stereocenters. The van der Waals surface area contributed by atoms with Crippen LogP contribution in [-0.4, -0.2) is 4.57 Å². The number of hydrogen-bond acceptors (Lipinski definition) is 0. The number of benzene rings is 3. The highest BCUT2D eigenvalue weighted by molar-refractivity contribution is 9.10. The Bertz CT molecular complexity index is 944. The molecule has 0 radical (unpaired) electrons. The van der Waals surface area contributed by atoms with E-state index >= 15 is 0 Å². The fourth-order valence-corrected chi connectivity index (χ4v) is 3.56. The molecule has 0 fully saturated rings. The second kappa shape index (κ2) is 5.21. The predicted molar refractivity (Wildman–Crippen MR) is 96.1 cm³/mol. The molecule has 0 aliphatic heterocycles. The highest BCUT2D eigenvalue weighted by Crippen LogP contribution is 2.35. The van der Waals surface area contributed by atoms with Crippen molar-refractivity contribution in [3.63, 3.8) is 0 Å². The van der Waals surface area contributed by atoms with E-state index in [0.29, 0.717) is 0 Å². The molecule has 3 aromatic carbocycles. The van der Waals surface area contributed by atoms with E-state index in [1.54, 1.807) is 12.1 Å². The minimum atomic E-state index is -0.227. The molecule has 0 atom stereocenters. The number of aromatic nitrogens is 1. The number of nitrogens with zero attached hydrogens (tertiary/aromatic N) is 1. The molecular weight excluding hydrogens is 409 g/mol. The van der Waals surface area contributed by atoms with Gasteiger partial charge >= 0.3 is 0 Å². The smallest absolute Gasteiger partial charge is 0.123 e. The van der Waals surface area contributed by atoms with Crippen LogP contribution in [0, 0.1) is 5.82 Å². The van der Waals surface area contributed by atoms with Crippen molar-refractivity contribution in [3.8, 4) is 5.69 Å². The molecule has 1 heterocycles. The van der Waals surface area contributed by atoms with Crippen LogP contribution in [0.1, 0.15) is 0 Å². The maximum atomic E-state index is 13.2. The molecule has 0 amide bonds. The first-order valence-electron chi connectivity index (χ1n) is 6.79. The SMILES string of the molecule is Fc1ccc(-n2c3ccc(Br)cc3c3cc(Br)ccc32)cc1. The van der Waals surface area contributed by atoms with Gasteiger partial charge in [-0.1, -0.05) is 31.9 Å². The third kappa shape index (κ3) is 2.18. The average molecular weight is 419 g/mol. The lowest BCUT2D eigenvalue weighted by molar-refractivity contribution is 0.627. The maximum absolute atomic E-state index is 13.2. The summed E-state index contributed by atoms with van der Waals surface area (Å²) in [6.45, 7) is 0. The first-order valence-corrected chi connectivity index (χ1v) is 8.37. The summed E-state index contributed by atoms with van der Waals surface area (Å²) >= 11 is 7.08. The molecule has 0 aliphatic rings. The van der Waals surface area contributed by atoms with Gasteiger partial charge in [0.2, 0.25) is 0 Å². The van der Waals surface area contributed by atoms with Crippen LogP contribution in [0.4, 0.5) is 4.39 Å². The first kappa shape index (κ1) is 14.0. The van der Waals surface area contributed by atoms with E-state index in [0.717, 1.165) is 36.4 Å². The minimum absolute atomic E-state index is 0.227. The Hall–Kier alpha value is -1.65. The van der Waals surface area contributed by atoms with Crippen LogP contribution in [0.25, 0.3) is 27.5 Å². The second-order valence-electron chi connectivity index (χ2n) is 5.13. The molecule has 4 heteroatoms. The van der Waals surface area contributed by atoms with Crippen molar-refractivity contribution < 1.29 is 4.39 Å². The molecule has 0 N–H and O–H groups in total. The lowest BCUT2D eigenvalue weighted by Gasteiger charge is -2.07. The third-order valence-corrected chi connectivity index (χ3v) is 4.76. The van der Waals surface area contributed by atoms with Gasteiger partial charge in [-0.25, -0.2) is 4.39 Å². The van der Waals surface area contributed by atoms with Gasteiger partial charge in [-0.05, 0) is 60.7 Å². The summed E-state index contributed by atoms with van der Waals surface area (Å²) in [4.78, 5) is 0. The average Bonchev–Trinajstić information content (AvgIpc) is 2.81. The highest BCUT2D eigenvalue weighted by Gasteiger charge is 2.12. The van der Waals surface area contributed by atoms with Gasteiger partial charge in [-0.2, -0.15) is 0 Å². The lowest BCUT2D eigenvalue weighted by Crippen LogP contribution is -1.93. The first-order chi connectivity index (χ1) is 10.6. The Morgan fingerprint density at radius 1 is 0.682 bits per heavy atom. The predicted octanol–water partition coefficient (Wildman–Crippen LogP) is 6.45. The molecular formula is C18H10Br2FN.